The van der Waals surface area contributed by atoms with Gasteiger partial charge in [-0.2, -0.15) is 0 Å². The lowest BCUT2D eigenvalue weighted by Crippen LogP contribution is -2.15. The van der Waals surface area contributed by atoms with E-state index >= 15 is 0 Å². The maximum Gasteiger partial charge on any atom is 0.327 e. The Morgan fingerprint density at radius 2 is 1.82 bits per heavy atom. The number of ether oxygens (including phenoxy) is 3. The van der Waals surface area contributed by atoms with Crippen molar-refractivity contribution >= 4 is 28.1 Å². The number of hydrogen-bond acceptors (Lipinski definition) is 9. The topological polar surface area (TPSA) is 126 Å². The Morgan fingerprint density at radius 3 is 2.32 bits per heavy atom. The van der Waals surface area contributed by atoms with E-state index in [1.165, 1.54) is 38.7 Å². The third-order valence-electron chi connectivity index (χ3n) is 4.23. The summed E-state index contributed by atoms with van der Waals surface area (Å²) in [7, 11) is 3.93. The standard InChI is InChI=1S/C17H22N4O6S/c1-6-9(7-2)16-19-20-17(28-16)18-15(22)10-8-11(25-3)13(26-4)14(27-5)12(10)21(23)24/h8-9H,6-7H2,1-5H3,(H,18,20,22). The molecule has 0 aliphatic heterocycles. The first-order valence-electron chi connectivity index (χ1n) is 8.53. The molecule has 1 aromatic carbocycles. The van der Waals surface area contributed by atoms with Gasteiger partial charge in [0, 0.05) is 12.0 Å². The summed E-state index contributed by atoms with van der Waals surface area (Å²) in [6.07, 6.45) is 1.80. The van der Waals surface area contributed by atoms with Gasteiger partial charge in [0.25, 0.3) is 5.91 Å². The summed E-state index contributed by atoms with van der Waals surface area (Å²) in [5, 5.41) is 23.3. The third kappa shape index (κ3) is 4.14. The molecule has 28 heavy (non-hydrogen) atoms. The average Bonchev–Trinajstić information content (AvgIpc) is 3.14. The molecule has 1 N–H and O–H groups in total. The van der Waals surface area contributed by atoms with E-state index in [9.17, 15) is 14.9 Å². The van der Waals surface area contributed by atoms with E-state index in [4.69, 9.17) is 14.2 Å². The first-order valence-corrected chi connectivity index (χ1v) is 9.35. The fraction of sp³-hybridized carbons (Fsp3) is 0.471. The number of carbonyl (C=O) groups is 1. The van der Waals surface area contributed by atoms with Gasteiger partial charge in [-0.25, -0.2) is 0 Å². The highest BCUT2D eigenvalue weighted by molar-refractivity contribution is 7.15. The van der Waals surface area contributed by atoms with Crippen molar-refractivity contribution in [2.24, 2.45) is 0 Å². The van der Waals surface area contributed by atoms with Gasteiger partial charge in [0.1, 0.15) is 10.6 Å². The van der Waals surface area contributed by atoms with Crippen LogP contribution in [0.25, 0.3) is 0 Å². The number of methoxy groups -OCH3 is 3. The molecule has 1 amide bonds. The first kappa shape index (κ1) is 21.4. The van der Waals surface area contributed by atoms with Crippen molar-refractivity contribution in [3.63, 3.8) is 0 Å². The molecule has 1 aromatic heterocycles. The molecular weight excluding hydrogens is 388 g/mol. The molecule has 0 atom stereocenters. The van der Waals surface area contributed by atoms with Crippen LogP contribution in [0.4, 0.5) is 10.8 Å². The largest absolute Gasteiger partial charge is 0.493 e. The molecule has 2 rings (SSSR count). The van der Waals surface area contributed by atoms with E-state index in [0.29, 0.717) is 0 Å². The van der Waals surface area contributed by atoms with Gasteiger partial charge in [0.15, 0.2) is 5.75 Å². The molecule has 0 aliphatic carbocycles. The molecule has 0 saturated heterocycles. The number of rotatable bonds is 9. The Balaban J connectivity index is 2.46. The van der Waals surface area contributed by atoms with Crippen LogP contribution in [-0.4, -0.2) is 42.4 Å². The van der Waals surface area contributed by atoms with Crippen LogP contribution in [0, 0.1) is 10.1 Å². The van der Waals surface area contributed by atoms with E-state index in [0.717, 1.165) is 17.8 Å². The predicted octanol–water partition coefficient (Wildman–Crippen LogP) is 3.63. The zero-order valence-corrected chi connectivity index (χ0v) is 17.1. The van der Waals surface area contributed by atoms with Crippen molar-refractivity contribution in [2.45, 2.75) is 32.6 Å². The Bertz CT molecular complexity index is 866. The highest BCUT2D eigenvalue weighted by atomic mass is 32.1. The van der Waals surface area contributed by atoms with Gasteiger partial charge < -0.3 is 14.2 Å². The molecule has 0 radical (unpaired) electrons. The summed E-state index contributed by atoms with van der Waals surface area (Å²) < 4.78 is 15.5. The maximum atomic E-state index is 12.8. The van der Waals surface area contributed by atoms with Gasteiger partial charge in [0.05, 0.1) is 26.3 Å². The number of hydrogen-bond donors (Lipinski definition) is 1. The van der Waals surface area contributed by atoms with Crippen LogP contribution in [0.3, 0.4) is 0 Å². The van der Waals surface area contributed by atoms with Gasteiger partial charge in [-0.05, 0) is 12.8 Å². The van der Waals surface area contributed by atoms with Crippen molar-refractivity contribution in [3.8, 4) is 17.2 Å². The molecule has 0 saturated carbocycles. The summed E-state index contributed by atoms with van der Waals surface area (Å²) in [6.45, 7) is 4.10. The molecule has 1 heterocycles. The van der Waals surface area contributed by atoms with Gasteiger partial charge in [-0.1, -0.05) is 25.2 Å². The third-order valence-corrected chi connectivity index (χ3v) is 5.23. The van der Waals surface area contributed by atoms with Crippen LogP contribution in [0.15, 0.2) is 6.07 Å². The Hall–Kier alpha value is -2.95. The van der Waals surface area contributed by atoms with E-state index in [-0.39, 0.29) is 33.9 Å². The lowest BCUT2D eigenvalue weighted by molar-refractivity contribution is -0.386. The lowest BCUT2D eigenvalue weighted by atomic mass is 10.1. The Kier molecular flexibility index (Phi) is 7.10. The van der Waals surface area contributed by atoms with Crippen LogP contribution < -0.4 is 19.5 Å². The fourth-order valence-corrected chi connectivity index (χ4v) is 3.75. The number of nitro groups is 1. The van der Waals surface area contributed by atoms with Gasteiger partial charge >= 0.3 is 5.69 Å². The summed E-state index contributed by atoms with van der Waals surface area (Å²) >= 11 is 1.24. The fourth-order valence-electron chi connectivity index (χ4n) is 2.75. The monoisotopic (exact) mass is 410 g/mol. The maximum absolute atomic E-state index is 12.8. The van der Waals surface area contributed by atoms with Gasteiger partial charge in [0.2, 0.25) is 16.6 Å². The Labute approximate surface area is 166 Å². The van der Waals surface area contributed by atoms with Crippen LogP contribution in [-0.2, 0) is 0 Å². The van der Waals surface area contributed by atoms with Crippen LogP contribution >= 0.6 is 11.3 Å². The average molecular weight is 410 g/mol. The van der Waals surface area contributed by atoms with E-state index in [1.54, 1.807) is 0 Å². The van der Waals surface area contributed by atoms with Crippen molar-refractivity contribution in [2.75, 3.05) is 26.6 Å². The number of nitrogens with one attached hydrogen (secondary N) is 1. The predicted molar refractivity (Wildman–Crippen MR) is 104 cm³/mol. The molecule has 10 nitrogen and oxygen atoms in total. The molecule has 0 aliphatic rings. The first-order chi connectivity index (χ1) is 13.4. The second-order valence-electron chi connectivity index (χ2n) is 5.71. The molecule has 2 aromatic rings. The minimum atomic E-state index is -0.724. The second-order valence-corrected chi connectivity index (χ2v) is 6.72. The number of anilines is 1. The molecule has 152 valence electrons. The lowest BCUT2D eigenvalue weighted by Gasteiger charge is -2.14. The van der Waals surface area contributed by atoms with Crippen molar-refractivity contribution < 1.29 is 23.9 Å². The van der Waals surface area contributed by atoms with Crippen LogP contribution in [0.1, 0.15) is 48.0 Å². The van der Waals surface area contributed by atoms with Gasteiger partial charge in [-0.15, -0.1) is 10.2 Å². The quantitative estimate of drug-likeness (QED) is 0.491. The summed E-state index contributed by atoms with van der Waals surface area (Å²) in [5.41, 5.74) is -0.763. The van der Waals surface area contributed by atoms with Crippen molar-refractivity contribution in [3.05, 3.63) is 26.8 Å². The number of aromatic nitrogens is 2. The number of nitrogens with zero attached hydrogens (tertiary/aromatic N) is 3. The summed E-state index contributed by atoms with van der Waals surface area (Å²) in [6, 6.07) is 1.23. The normalized spacial score (nSPS) is 10.6. The van der Waals surface area contributed by atoms with E-state index in [1.807, 2.05) is 13.8 Å². The molecule has 0 spiro atoms. The zero-order valence-electron chi connectivity index (χ0n) is 16.3. The van der Waals surface area contributed by atoms with Crippen molar-refractivity contribution in [1.29, 1.82) is 0 Å². The number of amides is 1. The number of nitro benzene ring substituents is 1. The van der Waals surface area contributed by atoms with Crippen LogP contribution in [0.2, 0.25) is 0 Å². The molecule has 0 bridgehead atoms. The van der Waals surface area contributed by atoms with E-state index < -0.39 is 16.5 Å². The highest BCUT2D eigenvalue weighted by Gasteiger charge is 2.33. The number of benzene rings is 1. The van der Waals surface area contributed by atoms with Crippen LogP contribution in [0.5, 0.6) is 17.2 Å². The number of carbonyl (C=O) groups excluding carboxylic acids is 1. The summed E-state index contributed by atoms with van der Waals surface area (Å²) in [5.74, 6) is -0.519. The highest BCUT2D eigenvalue weighted by Crippen LogP contribution is 2.46. The van der Waals surface area contributed by atoms with Crippen molar-refractivity contribution in [1.82, 2.24) is 10.2 Å². The Morgan fingerprint density at radius 1 is 1.18 bits per heavy atom. The molecule has 11 heteroatoms. The van der Waals surface area contributed by atoms with E-state index in [2.05, 4.69) is 15.5 Å². The molecule has 0 unspecified atom stereocenters. The smallest absolute Gasteiger partial charge is 0.327 e. The van der Waals surface area contributed by atoms with Gasteiger partial charge in [-0.3, -0.25) is 20.2 Å². The second kappa shape index (κ2) is 9.31. The zero-order chi connectivity index (χ0) is 20.8. The molecular formula is C17H22N4O6S. The molecule has 0 fully saturated rings. The SMILES string of the molecule is CCC(CC)c1nnc(NC(=O)c2cc(OC)c(OC)c(OC)c2[N+](=O)[O-])s1. The minimum absolute atomic E-state index is 0.0279. The minimum Gasteiger partial charge on any atom is -0.493 e. The summed E-state index contributed by atoms with van der Waals surface area (Å²) in [4.78, 5) is 23.7.